The molecule has 0 spiro atoms. The molecule has 2 aromatic carbocycles. The number of carbonyl (C=O) groups is 1. The predicted octanol–water partition coefficient (Wildman–Crippen LogP) is 3.00. The minimum atomic E-state index is -0.0427. The lowest BCUT2D eigenvalue weighted by Crippen LogP contribution is -2.11. The summed E-state index contributed by atoms with van der Waals surface area (Å²) >= 11 is 0. The highest BCUT2D eigenvalue weighted by molar-refractivity contribution is 5.97. The van der Waals surface area contributed by atoms with Gasteiger partial charge in [0.25, 0.3) is 0 Å². The van der Waals surface area contributed by atoms with Crippen molar-refractivity contribution in [2.24, 2.45) is 0 Å². The molecule has 0 heterocycles. The zero-order valence-electron chi connectivity index (χ0n) is 11.5. The van der Waals surface area contributed by atoms with Crippen molar-refractivity contribution in [3.8, 4) is 5.75 Å². The minimum Gasteiger partial charge on any atom is -0.485 e. The molecule has 0 aliphatic heterocycles. The van der Waals surface area contributed by atoms with E-state index in [1.54, 1.807) is 24.3 Å². The molecule has 0 fully saturated rings. The lowest BCUT2D eigenvalue weighted by molar-refractivity contribution is 0.0921. The third kappa shape index (κ3) is 3.68. The molecule has 0 aliphatic rings. The van der Waals surface area contributed by atoms with Gasteiger partial charge in [-0.15, -0.1) is 0 Å². The summed E-state index contributed by atoms with van der Waals surface area (Å²) in [5.74, 6) is 0.583. The van der Waals surface area contributed by atoms with Crippen molar-refractivity contribution in [2.75, 3.05) is 6.61 Å². The Morgan fingerprint density at radius 1 is 1.00 bits per heavy atom. The summed E-state index contributed by atoms with van der Waals surface area (Å²) in [5, 5.41) is 8.94. The maximum atomic E-state index is 12.0. The molecule has 2 aromatic rings. The standard InChI is InChI=1S/C17H18O3/c1-2-13-3-7-15(8-4-13)17(19)12-20-16-9-5-14(11-18)6-10-16/h3-10,18H,2,11-12H2,1H3. The first-order valence-corrected chi connectivity index (χ1v) is 6.67. The van der Waals surface area contributed by atoms with Crippen LogP contribution in [0, 0.1) is 0 Å². The van der Waals surface area contributed by atoms with Crippen LogP contribution in [-0.4, -0.2) is 17.5 Å². The molecule has 0 radical (unpaired) electrons. The molecular weight excluding hydrogens is 252 g/mol. The number of benzene rings is 2. The molecule has 104 valence electrons. The number of carbonyl (C=O) groups excluding carboxylic acids is 1. The van der Waals surface area contributed by atoms with Crippen LogP contribution in [0.2, 0.25) is 0 Å². The molecule has 0 aliphatic carbocycles. The van der Waals surface area contributed by atoms with E-state index in [1.165, 1.54) is 5.56 Å². The Balaban J connectivity index is 1.93. The largest absolute Gasteiger partial charge is 0.485 e. The number of ketones is 1. The van der Waals surface area contributed by atoms with Gasteiger partial charge in [-0.05, 0) is 29.7 Å². The molecule has 2 rings (SSSR count). The van der Waals surface area contributed by atoms with Gasteiger partial charge in [-0.2, -0.15) is 0 Å². The van der Waals surface area contributed by atoms with Gasteiger partial charge in [0, 0.05) is 5.56 Å². The maximum absolute atomic E-state index is 12.0. The fraction of sp³-hybridized carbons (Fsp3) is 0.235. The topological polar surface area (TPSA) is 46.5 Å². The number of aliphatic hydroxyl groups excluding tert-OH is 1. The van der Waals surface area contributed by atoms with Gasteiger partial charge in [0.05, 0.1) is 6.61 Å². The highest BCUT2D eigenvalue weighted by Gasteiger charge is 2.06. The van der Waals surface area contributed by atoms with Crippen LogP contribution < -0.4 is 4.74 Å². The first-order valence-electron chi connectivity index (χ1n) is 6.67. The van der Waals surface area contributed by atoms with Crippen molar-refractivity contribution in [3.05, 3.63) is 65.2 Å². The maximum Gasteiger partial charge on any atom is 0.200 e. The highest BCUT2D eigenvalue weighted by Crippen LogP contribution is 2.13. The average molecular weight is 270 g/mol. The highest BCUT2D eigenvalue weighted by atomic mass is 16.5. The molecular formula is C17H18O3. The van der Waals surface area contributed by atoms with E-state index in [9.17, 15) is 4.79 Å². The zero-order chi connectivity index (χ0) is 14.4. The van der Waals surface area contributed by atoms with Crippen molar-refractivity contribution in [1.82, 2.24) is 0 Å². The van der Waals surface area contributed by atoms with E-state index in [2.05, 4.69) is 6.92 Å². The Labute approximate surface area is 118 Å². The molecule has 3 nitrogen and oxygen atoms in total. The summed E-state index contributed by atoms with van der Waals surface area (Å²) in [7, 11) is 0. The van der Waals surface area contributed by atoms with Crippen LogP contribution in [0.3, 0.4) is 0 Å². The molecule has 0 saturated heterocycles. The fourth-order valence-electron chi connectivity index (χ4n) is 1.85. The smallest absolute Gasteiger partial charge is 0.200 e. The van der Waals surface area contributed by atoms with Crippen LogP contribution in [0.1, 0.15) is 28.4 Å². The normalized spacial score (nSPS) is 10.3. The van der Waals surface area contributed by atoms with Gasteiger partial charge in [0.2, 0.25) is 0 Å². The molecule has 0 unspecified atom stereocenters. The van der Waals surface area contributed by atoms with Gasteiger partial charge in [0.15, 0.2) is 12.4 Å². The number of Topliss-reactive ketones (excluding diaryl/α,β-unsaturated/α-hetero) is 1. The van der Waals surface area contributed by atoms with Crippen LogP contribution in [0.25, 0.3) is 0 Å². The SMILES string of the molecule is CCc1ccc(C(=O)COc2ccc(CO)cc2)cc1. The molecule has 0 saturated carbocycles. The van der Waals surface area contributed by atoms with Crippen molar-refractivity contribution < 1.29 is 14.6 Å². The summed E-state index contributed by atoms with van der Waals surface area (Å²) in [5.41, 5.74) is 2.69. The average Bonchev–Trinajstić information content (AvgIpc) is 2.53. The molecule has 0 aromatic heterocycles. The second-order valence-corrected chi connectivity index (χ2v) is 4.56. The van der Waals surface area contributed by atoms with Crippen LogP contribution in [0.4, 0.5) is 0 Å². The van der Waals surface area contributed by atoms with Gasteiger partial charge in [-0.1, -0.05) is 43.3 Å². The molecule has 20 heavy (non-hydrogen) atoms. The number of hydrogen-bond donors (Lipinski definition) is 1. The van der Waals surface area contributed by atoms with E-state index in [1.807, 2.05) is 24.3 Å². The first-order chi connectivity index (χ1) is 9.72. The van der Waals surface area contributed by atoms with Crippen molar-refractivity contribution >= 4 is 5.78 Å². The third-order valence-electron chi connectivity index (χ3n) is 3.16. The van der Waals surface area contributed by atoms with Gasteiger partial charge in [-0.3, -0.25) is 4.79 Å². The second-order valence-electron chi connectivity index (χ2n) is 4.56. The number of ether oxygens (including phenoxy) is 1. The van der Waals surface area contributed by atoms with Crippen LogP contribution in [0.15, 0.2) is 48.5 Å². The van der Waals surface area contributed by atoms with Gasteiger partial charge in [0.1, 0.15) is 5.75 Å². The summed E-state index contributed by atoms with van der Waals surface area (Å²) < 4.78 is 5.45. The van der Waals surface area contributed by atoms with Crippen molar-refractivity contribution in [2.45, 2.75) is 20.0 Å². The quantitative estimate of drug-likeness (QED) is 0.821. The van der Waals surface area contributed by atoms with E-state index >= 15 is 0 Å². The lowest BCUT2D eigenvalue weighted by atomic mass is 10.1. The Morgan fingerprint density at radius 2 is 1.60 bits per heavy atom. The van der Waals surface area contributed by atoms with Gasteiger partial charge in [-0.25, -0.2) is 0 Å². The Kier molecular flexibility index (Phi) is 4.91. The lowest BCUT2D eigenvalue weighted by Gasteiger charge is -2.06. The van der Waals surface area contributed by atoms with Crippen molar-refractivity contribution in [3.63, 3.8) is 0 Å². The number of aryl methyl sites for hydroxylation is 1. The third-order valence-corrected chi connectivity index (χ3v) is 3.16. The Morgan fingerprint density at radius 3 is 2.15 bits per heavy atom. The summed E-state index contributed by atoms with van der Waals surface area (Å²) in [4.78, 5) is 12.0. The van der Waals surface area contributed by atoms with Crippen LogP contribution >= 0.6 is 0 Å². The van der Waals surface area contributed by atoms with E-state index < -0.39 is 0 Å². The first kappa shape index (κ1) is 14.3. The number of hydrogen-bond acceptors (Lipinski definition) is 3. The summed E-state index contributed by atoms with van der Waals surface area (Å²) in [6, 6.07) is 14.6. The van der Waals surface area contributed by atoms with Crippen LogP contribution in [-0.2, 0) is 13.0 Å². The van der Waals surface area contributed by atoms with Crippen LogP contribution in [0.5, 0.6) is 5.75 Å². The molecule has 0 atom stereocenters. The van der Waals surface area contributed by atoms with E-state index in [-0.39, 0.29) is 19.0 Å². The zero-order valence-corrected chi connectivity index (χ0v) is 11.5. The number of rotatable bonds is 6. The van der Waals surface area contributed by atoms with E-state index in [0.29, 0.717) is 11.3 Å². The van der Waals surface area contributed by atoms with Gasteiger partial charge >= 0.3 is 0 Å². The predicted molar refractivity (Wildman–Crippen MR) is 78.0 cm³/mol. The fourth-order valence-corrected chi connectivity index (χ4v) is 1.85. The van der Waals surface area contributed by atoms with Crippen molar-refractivity contribution in [1.29, 1.82) is 0 Å². The van der Waals surface area contributed by atoms with E-state index in [0.717, 1.165) is 12.0 Å². The molecule has 1 N–H and O–H groups in total. The molecule has 3 heteroatoms. The number of aliphatic hydroxyl groups is 1. The molecule has 0 bridgehead atoms. The van der Waals surface area contributed by atoms with Gasteiger partial charge < -0.3 is 9.84 Å². The monoisotopic (exact) mass is 270 g/mol. The minimum absolute atomic E-state index is 0.00296. The Hall–Kier alpha value is -2.13. The molecule has 0 amide bonds. The summed E-state index contributed by atoms with van der Waals surface area (Å²) in [6.45, 7) is 2.10. The van der Waals surface area contributed by atoms with E-state index in [4.69, 9.17) is 9.84 Å². The summed E-state index contributed by atoms with van der Waals surface area (Å²) in [6.07, 6.45) is 0.960. The second kappa shape index (κ2) is 6.87. The Bertz CT molecular complexity index is 556.